The van der Waals surface area contributed by atoms with Crippen LogP contribution in [-0.4, -0.2) is 43.0 Å². The Morgan fingerprint density at radius 1 is 1.09 bits per heavy atom. The van der Waals surface area contributed by atoms with Gasteiger partial charge in [0.2, 0.25) is 5.91 Å². The highest BCUT2D eigenvalue weighted by Crippen LogP contribution is 2.34. The van der Waals surface area contributed by atoms with Crippen LogP contribution >= 0.6 is 0 Å². The molecule has 2 amide bonds. The summed E-state index contributed by atoms with van der Waals surface area (Å²) in [7, 11) is 0. The second-order valence-corrected chi connectivity index (χ2v) is 8.11. The number of rotatable bonds is 7. The molecule has 0 spiro atoms. The van der Waals surface area contributed by atoms with E-state index in [0.717, 1.165) is 12.1 Å². The van der Waals surface area contributed by atoms with Gasteiger partial charge in [-0.3, -0.25) is 14.4 Å². The molecular weight excluding hydrogens is 469 g/mol. The van der Waals surface area contributed by atoms with E-state index in [-0.39, 0.29) is 25.0 Å². The Hall–Kier alpha value is -3.89. The van der Waals surface area contributed by atoms with Crippen LogP contribution in [0.15, 0.2) is 48.5 Å². The van der Waals surface area contributed by atoms with E-state index in [1.807, 2.05) is 0 Å². The van der Waals surface area contributed by atoms with E-state index in [2.05, 4.69) is 5.32 Å². The molecule has 1 saturated heterocycles. The Labute approximate surface area is 199 Å². The largest absolute Gasteiger partial charge is 0.459 e. The molecule has 1 aliphatic rings. The number of benzene rings is 2. The lowest BCUT2D eigenvalue weighted by Crippen LogP contribution is -2.28. The fourth-order valence-electron chi connectivity index (χ4n) is 3.45. The molecule has 1 aliphatic heterocycles. The summed E-state index contributed by atoms with van der Waals surface area (Å²) in [6.07, 6.45) is -5.11. The van der Waals surface area contributed by atoms with Crippen molar-refractivity contribution < 1.29 is 41.8 Å². The third kappa shape index (κ3) is 6.58. The number of amides is 2. The topological polar surface area (TPSA) is 102 Å². The third-order valence-corrected chi connectivity index (χ3v) is 5.07. The van der Waals surface area contributed by atoms with Gasteiger partial charge in [-0.1, -0.05) is 12.1 Å². The molecular formula is C24H23F3N2O6. The van der Waals surface area contributed by atoms with Crippen molar-refractivity contribution in [2.75, 3.05) is 23.4 Å². The maximum absolute atomic E-state index is 13.0. The number of para-hydroxylation sites is 1. The molecule has 1 atom stereocenters. The van der Waals surface area contributed by atoms with Gasteiger partial charge >= 0.3 is 18.1 Å². The number of carbonyl (C=O) groups excluding carboxylic acids is 4. The smallest absolute Gasteiger partial charge is 0.418 e. The molecule has 1 heterocycles. The van der Waals surface area contributed by atoms with Gasteiger partial charge < -0.3 is 19.7 Å². The zero-order chi connectivity index (χ0) is 25.8. The number of esters is 2. The molecule has 11 heteroatoms. The van der Waals surface area contributed by atoms with Gasteiger partial charge in [0.15, 0.2) is 6.61 Å². The fraction of sp³-hybridized carbons (Fsp3) is 0.333. The standard InChI is InChI=1S/C24H23F3N2O6/c1-14(2)35-23(33)15-7-9-17(10-8-15)29-12-16(11-21(29)31)22(32)34-13-20(30)28-19-6-4-3-5-18(19)24(25,26)27/h3-10,14,16H,11-13H2,1-2H3,(H,28,30)/t16-/m1/s1. The van der Waals surface area contributed by atoms with Crippen LogP contribution in [0.25, 0.3) is 0 Å². The van der Waals surface area contributed by atoms with Gasteiger partial charge in [-0.15, -0.1) is 0 Å². The van der Waals surface area contributed by atoms with E-state index < -0.39 is 47.8 Å². The average molecular weight is 492 g/mol. The van der Waals surface area contributed by atoms with Crippen LogP contribution in [-0.2, 0) is 30.0 Å². The number of hydrogen-bond donors (Lipinski definition) is 1. The molecule has 3 rings (SSSR count). The molecule has 2 aromatic rings. The first-order chi connectivity index (χ1) is 16.5. The van der Waals surface area contributed by atoms with Gasteiger partial charge in [-0.05, 0) is 50.2 Å². The molecule has 0 bridgehead atoms. The SMILES string of the molecule is CC(C)OC(=O)c1ccc(N2C[C@H](C(=O)OCC(=O)Nc3ccccc3C(F)(F)F)CC2=O)cc1. The highest BCUT2D eigenvalue weighted by Gasteiger charge is 2.37. The molecule has 35 heavy (non-hydrogen) atoms. The first kappa shape index (κ1) is 25.7. The zero-order valence-electron chi connectivity index (χ0n) is 18.9. The summed E-state index contributed by atoms with van der Waals surface area (Å²) < 4.78 is 49.2. The number of carbonyl (C=O) groups is 4. The van der Waals surface area contributed by atoms with Crippen LogP contribution in [0.3, 0.4) is 0 Å². The predicted octanol–water partition coefficient (Wildman–Crippen LogP) is 3.81. The lowest BCUT2D eigenvalue weighted by molar-refractivity contribution is -0.151. The molecule has 0 saturated carbocycles. The molecule has 2 aromatic carbocycles. The molecule has 1 N–H and O–H groups in total. The van der Waals surface area contributed by atoms with Crippen molar-refractivity contribution in [2.24, 2.45) is 5.92 Å². The van der Waals surface area contributed by atoms with Gasteiger partial charge in [0.25, 0.3) is 5.91 Å². The second kappa shape index (κ2) is 10.6. The van der Waals surface area contributed by atoms with E-state index >= 15 is 0 Å². The summed E-state index contributed by atoms with van der Waals surface area (Å²) in [5.41, 5.74) is -0.708. The van der Waals surface area contributed by atoms with Crippen LogP contribution in [0.4, 0.5) is 24.5 Å². The summed E-state index contributed by atoms with van der Waals surface area (Å²) >= 11 is 0. The molecule has 0 aliphatic carbocycles. The van der Waals surface area contributed by atoms with Gasteiger partial charge in [0, 0.05) is 18.7 Å². The lowest BCUT2D eigenvalue weighted by atomic mass is 10.1. The minimum atomic E-state index is -4.67. The number of ether oxygens (including phenoxy) is 2. The van der Waals surface area contributed by atoms with Gasteiger partial charge in [0.1, 0.15) is 0 Å². The molecule has 0 aromatic heterocycles. The van der Waals surface area contributed by atoms with Crippen LogP contribution in [0.1, 0.15) is 36.2 Å². The Balaban J connectivity index is 1.55. The third-order valence-electron chi connectivity index (χ3n) is 5.07. The van der Waals surface area contributed by atoms with E-state index in [1.165, 1.54) is 29.2 Å². The number of halogens is 3. The highest BCUT2D eigenvalue weighted by atomic mass is 19.4. The van der Waals surface area contributed by atoms with Crippen molar-refractivity contribution in [2.45, 2.75) is 32.5 Å². The van der Waals surface area contributed by atoms with Crippen LogP contribution in [0, 0.1) is 5.92 Å². The Bertz CT molecular complexity index is 1110. The normalized spacial score (nSPS) is 15.8. The van der Waals surface area contributed by atoms with Crippen LogP contribution in [0.5, 0.6) is 0 Å². The molecule has 186 valence electrons. The monoisotopic (exact) mass is 492 g/mol. The number of nitrogens with one attached hydrogen (secondary N) is 1. The minimum Gasteiger partial charge on any atom is -0.459 e. The summed E-state index contributed by atoms with van der Waals surface area (Å²) in [6.45, 7) is 2.63. The van der Waals surface area contributed by atoms with Gasteiger partial charge in [-0.2, -0.15) is 13.2 Å². The summed E-state index contributed by atoms with van der Waals surface area (Å²) in [6, 6.07) is 10.5. The van der Waals surface area contributed by atoms with Crippen LogP contribution in [0.2, 0.25) is 0 Å². The Kier molecular flexibility index (Phi) is 7.78. The van der Waals surface area contributed by atoms with Gasteiger partial charge in [-0.25, -0.2) is 4.79 Å². The number of anilines is 2. The fourth-order valence-corrected chi connectivity index (χ4v) is 3.45. The molecule has 1 fully saturated rings. The first-order valence-corrected chi connectivity index (χ1v) is 10.7. The van der Waals surface area contributed by atoms with E-state index in [1.54, 1.807) is 26.0 Å². The Morgan fingerprint density at radius 2 is 1.74 bits per heavy atom. The number of hydrogen-bond acceptors (Lipinski definition) is 6. The zero-order valence-corrected chi connectivity index (χ0v) is 18.9. The van der Waals surface area contributed by atoms with Crippen molar-refractivity contribution in [1.82, 2.24) is 0 Å². The van der Waals surface area contributed by atoms with Crippen molar-refractivity contribution in [1.29, 1.82) is 0 Å². The summed E-state index contributed by atoms with van der Waals surface area (Å²) in [4.78, 5) is 50.1. The first-order valence-electron chi connectivity index (χ1n) is 10.7. The minimum absolute atomic E-state index is 0.00796. The Morgan fingerprint density at radius 3 is 2.37 bits per heavy atom. The van der Waals surface area contributed by atoms with Gasteiger partial charge in [0.05, 0.1) is 28.8 Å². The van der Waals surface area contributed by atoms with E-state index in [0.29, 0.717) is 11.3 Å². The lowest BCUT2D eigenvalue weighted by Gasteiger charge is -2.17. The van der Waals surface area contributed by atoms with E-state index in [4.69, 9.17) is 9.47 Å². The van der Waals surface area contributed by atoms with Crippen molar-refractivity contribution >= 4 is 35.1 Å². The van der Waals surface area contributed by atoms with Crippen LogP contribution < -0.4 is 10.2 Å². The predicted molar refractivity (Wildman–Crippen MR) is 118 cm³/mol. The summed E-state index contributed by atoms with van der Waals surface area (Å²) in [5, 5.41) is 2.08. The second-order valence-electron chi connectivity index (χ2n) is 8.11. The average Bonchev–Trinajstić information content (AvgIpc) is 3.18. The van der Waals surface area contributed by atoms with Crippen molar-refractivity contribution in [3.8, 4) is 0 Å². The highest BCUT2D eigenvalue weighted by molar-refractivity contribution is 6.00. The maximum atomic E-state index is 13.0. The number of nitrogens with zero attached hydrogens (tertiary/aromatic N) is 1. The maximum Gasteiger partial charge on any atom is 0.418 e. The quantitative estimate of drug-likeness (QED) is 0.590. The molecule has 0 unspecified atom stereocenters. The van der Waals surface area contributed by atoms with Crippen molar-refractivity contribution in [3.05, 3.63) is 59.7 Å². The number of alkyl halides is 3. The van der Waals surface area contributed by atoms with Crippen molar-refractivity contribution in [3.63, 3.8) is 0 Å². The molecule has 8 nitrogen and oxygen atoms in total. The molecule has 0 radical (unpaired) electrons. The summed E-state index contributed by atoms with van der Waals surface area (Å²) in [5.74, 6) is -3.48. The van der Waals surface area contributed by atoms with E-state index in [9.17, 15) is 32.3 Å².